The minimum absolute atomic E-state index is 0.208. The molecule has 0 amide bonds. The predicted molar refractivity (Wildman–Crippen MR) is 64.8 cm³/mol. The molecule has 0 bridgehead atoms. The highest BCUT2D eigenvalue weighted by Gasteiger charge is 1.96. The summed E-state index contributed by atoms with van der Waals surface area (Å²) in [5.41, 5.74) is 1.07. The Morgan fingerprint density at radius 3 is 2.53 bits per heavy atom. The lowest BCUT2D eigenvalue weighted by molar-refractivity contribution is 0.173. The van der Waals surface area contributed by atoms with Gasteiger partial charge in [-0.25, -0.2) is 4.99 Å². The van der Waals surface area contributed by atoms with Crippen molar-refractivity contribution in [2.24, 2.45) is 4.99 Å². The average molecular weight is 251 g/mol. The maximum absolute atomic E-state index is 9.63. The van der Waals surface area contributed by atoms with Gasteiger partial charge in [-0.15, -0.1) is 0 Å². The molecule has 0 spiro atoms. The van der Waals surface area contributed by atoms with Crippen LogP contribution in [0.5, 0.6) is 5.75 Å². The first-order chi connectivity index (χ1) is 8.20. The number of methoxy groups -OCH3 is 1. The number of benzene rings is 1. The zero-order valence-corrected chi connectivity index (χ0v) is 9.93. The van der Waals surface area contributed by atoms with Gasteiger partial charge in [0.15, 0.2) is 5.49 Å². The summed E-state index contributed by atoms with van der Waals surface area (Å²) in [6.45, 7) is 0. The molecule has 0 aliphatic carbocycles. The van der Waals surface area contributed by atoms with Gasteiger partial charge >= 0.3 is 0 Å². The van der Waals surface area contributed by atoms with Crippen LogP contribution in [0.4, 0.5) is 5.69 Å². The number of ether oxygens (including phenoxy) is 1. The maximum Gasteiger partial charge on any atom is 0.170 e. The maximum atomic E-state index is 9.63. The Kier molecular flexibility index (Phi) is 3.35. The number of rotatable bonds is 2. The first-order valence-corrected chi connectivity index (χ1v) is 5.34. The molecule has 0 aliphatic rings. The minimum Gasteiger partial charge on any atom is -0.497 e. The van der Waals surface area contributed by atoms with Gasteiger partial charge in [0.1, 0.15) is 10.9 Å². The van der Waals surface area contributed by atoms with Crippen LogP contribution in [0.2, 0.25) is 5.15 Å². The van der Waals surface area contributed by atoms with E-state index in [9.17, 15) is 5.21 Å². The topological polar surface area (TPSA) is 46.8 Å². The van der Waals surface area contributed by atoms with Gasteiger partial charge in [0.2, 0.25) is 0 Å². The van der Waals surface area contributed by atoms with Gasteiger partial charge in [-0.3, -0.25) is 0 Å². The van der Waals surface area contributed by atoms with Gasteiger partial charge in [-0.1, -0.05) is 17.7 Å². The van der Waals surface area contributed by atoms with Crippen molar-refractivity contribution in [2.75, 3.05) is 7.11 Å². The highest BCUT2D eigenvalue weighted by atomic mass is 35.5. The van der Waals surface area contributed by atoms with Crippen LogP contribution in [0.3, 0.4) is 0 Å². The molecule has 5 heteroatoms. The van der Waals surface area contributed by atoms with E-state index in [1.54, 1.807) is 49.6 Å². The molecule has 2 aromatic rings. The molecule has 1 aromatic heterocycles. The minimum atomic E-state index is 0.208. The van der Waals surface area contributed by atoms with E-state index in [1.165, 1.54) is 0 Å². The fraction of sp³-hybridized carbons (Fsp3) is 0.0833. The number of halogens is 1. The number of hydrogen-bond donors (Lipinski definition) is 1. The molecule has 0 saturated carbocycles. The van der Waals surface area contributed by atoms with Crippen LogP contribution in [-0.2, 0) is 0 Å². The van der Waals surface area contributed by atoms with E-state index in [2.05, 4.69) is 4.99 Å². The van der Waals surface area contributed by atoms with E-state index < -0.39 is 0 Å². The van der Waals surface area contributed by atoms with Gasteiger partial charge < -0.3 is 9.94 Å². The third-order valence-corrected chi connectivity index (χ3v) is 2.50. The summed E-state index contributed by atoms with van der Waals surface area (Å²) in [5.74, 6) is 0.756. The molecule has 1 heterocycles. The van der Waals surface area contributed by atoms with E-state index in [0.717, 1.165) is 10.5 Å². The van der Waals surface area contributed by atoms with Crippen molar-refractivity contribution < 1.29 is 9.94 Å². The molecule has 0 saturated heterocycles. The predicted octanol–water partition coefficient (Wildman–Crippen LogP) is 2.62. The molecule has 1 N–H and O–H groups in total. The second-order valence-electron chi connectivity index (χ2n) is 3.33. The lowest BCUT2D eigenvalue weighted by Gasteiger charge is -2.01. The number of nitrogens with zero attached hydrogens (tertiary/aromatic N) is 2. The summed E-state index contributed by atoms with van der Waals surface area (Å²) < 4.78 is 5.87. The first-order valence-electron chi connectivity index (χ1n) is 4.96. The molecule has 0 aliphatic heterocycles. The van der Waals surface area contributed by atoms with Crippen LogP contribution in [0, 0.1) is 0 Å². The van der Waals surface area contributed by atoms with Gasteiger partial charge in [0.25, 0.3) is 0 Å². The molecule has 4 nitrogen and oxygen atoms in total. The Labute approximate surface area is 103 Å². The quantitative estimate of drug-likeness (QED) is 0.658. The number of hydrogen-bond acceptors (Lipinski definition) is 3. The van der Waals surface area contributed by atoms with E-state index >= 15 is 0 Å². The molecule has 17 heavy (non-hydrogen) atoms. The van der Waals surface area contributed by atoms with Crippen molar-refractivity contribution in [2.45, 2.75) is 0 Å². The third-order valence-electron chi connectivity index (χ3n) is 2.21. The van der Waals surface area contributed by atoms with Gasteiger partial charge in [0, 0.05) is 0 Å². The zero-order chi connectivity index (χ0) is 12.3. The van der Waals surface area contributed by atoms with Crippen LogP contribution in [-0.4, -0.2) is 17.0 Å². The smallest absolute Gasteiger partial charge is 0.170 e. The molecule has 1 aromatic carbocycles. The summed E-state index contributed by atoms with van der Waals surface area (Å²) in [6, 6.07) is 12.1. The largest absolute Gasteiger partial charge is 0.497 e. The lowest BCUT2D eigenvalue weighted by atomic mass is 10.3. The first kappa shape index (κ1) is 11.5. The standard InChI is InChI=1S/C12H11ClN2O2/c1-17-10-7-5-9(6-8-10)14-12-4-2-3-11(13)15(12)16/h2-8,16H,1H3. The van der Waals surface area contributed by atoms with Gasteiger partial charge in [0.05, 0.1) is 12.8 Å². The number of pyridine rings is 1. The molecule has 2 rings (SSSR count). The second kappa shape index (κ2) is 4.93. The summed E-state index contributed by atoms with van der Waals surface area (Å²) in [7, 11) is 1.60. The highest BCUT2D eigenvalue weighted by molar-refractivity contribution is 6.29. The molecule has 0 radical (unpaired) electrons. The van der Waals surface area contributed by atoms with Crippen molar-refractivity contribution in [3.05, 3.63) is 53.1 Å². The molecular formula is C12H11ClN2O2. The van der Waals surface area contributed by atoms with Crippen molar-refractivity contribution in [3.63, 3.8) is 0 Å². The van der Waals surface area contributed by atoms with Gasteiger partial charge in [-0.05, 0) is 36.4 Å². The Morgan fingerprint density at radius 2 is 1.88 bits per heavy atom. The summed E-state index contributed by atoms with van der Waals surface area (Å²) in [4.78, 5) is 4.25. The van der Waals surface area contributed by atoms with E-state index in [-0.39, 0.29) is 5.15 Å². The van der Waals surface area contributed by atoms with E-state index in [1.807, 2.05) is 0 Å². The summed E-state index contributed by atoms with van der Waals surface area (Å²) >= 11 is 5.76. The molecule has 88 valence electrons. The normalized spacial score (nSPS) is 11.5. The summed E-state index contributed by atoms with van der Waals surface area (Å²) in [5, 5.41) is 9.83. The lowest BCUT2D eigenvalue weighted by Crippen LogP contribution is -2.17. The molecule has 0 atom stereocenters. The van der Waals surface area contributed by atoms with Crippen LogP contribution in [0.1, 0.15) is 0 Å². The van der Waals surface area contributed by atoms with E-state index in [0.29, 0.717) is 11.2 Å². The number of aromatic nitrogens is 1. The average Bonchev–Trinajstić information content (AvgIpc) is 2.36. The second-order valence-corrected chi connectivity index (χ2v) is 3.72. The zero-order valence-electron chi connectivity index (χ0n) is 9.17. The van der Waals surface area contributed by atoms with Crippen LogP contribution >= 0.6 is 11.6 Å². The van der Waals surface area contributed by atoms with Crippen LogP contribution in [0.25, 0.3) is 0 Å². The monoisotopic (exact) mass is 250 g/mol. The van der Waals surface area contributed by atoms with Gasteiger partial charge in [-0.2, -0.15) is 4.73 Å². The highest BCUT2D eigenvalue weighted by Crippen LogP contribution is 2.16. The Morgan fingerprint density at radius 1 is 1.18 bits per heavy atom. The van der Waals surface area contributed by atoms with Crippen LogP contribution < -0.4 is 10.2 Å². The van der Waals surface area contributed by atoms with Crippen molar-refractivity contribution >= 4 is 17.3 Å². The van der Waals surface area contributed by atoms with Crippen molar-refractivity contribution in [1.82, 2.24) is 4.73 Å². The Balaban J connectivity index is 2.44. The Bertz CT molecular complexity index is 576. The fourth-order valence-corrected chi connectivity index (χ4v) is 1.50. The SMILES string of the molecule is COc1ccc(N=c2cccc(Cl)n2O)cc1. The Hall–Kier alpha value is -1.94. The third kappa shape index (κ3) is 2.60. The van der Waals surface area contributed by atoms with E-state index in [4.69, 9.17) is 16.3 Å². The summed E-state index contributed by atoms with van der Waals surface area (Å²) in [6.07, 6.45) is 0. The molecule has 0 unspecified atom stereocenters. The van der Waals surface area contributed by atoms with Crippen molar-refractivity contribution in [1.29, 1.82) is 0 Å². The van der Waals surface area contributed by atoms with Crippen LogP contribution in [0.15, 0.2) is 47.5 Å². The van der Waals surface area contributed by atoms with Crippen molar-refractivity contribution in [3.8, 4) is 5.75 Å². The molecular weight excluding hydrogens is 240 g/mol. The molecule has 0 fully saturated rings. The fourth-order valence-electron chi connectivity index (χ4n) is 1.34.